The molecule has 0 atom stereocenters. The van der Waals surface area contributed by atoms with Gasteiger partial charge in [-0.05, 0) is 60.4 Å². The Bertz CT molecular complexity index is 490. The van der Waals surface area contributed by atoms with E-state index in [9.17, 15) is 10.2 Å². The van der Waals surface area contributed by atoms with Crippen molar-refractivity contribution in [3.8, 4) is 22.6 Å². The molecule has 17 heavy (non-hydrogen) atoms. The average Bonchev–Trinajstić information content (AvgIpc) is 2.26. The Hall–Kier alpha value is -1.96. The summed E-state index contributed by atoms with van der Waals surface area (Å²) in [5.41, 5.74) is 3.81. The first-order chi connectivity index (χ1) is 7.58. The molecule has 2 rings (SSSR count). The van der Waals surface area contributed by atoms with Crippen LogP contribution in [0.2, 0.25) is 0 Å². The van der Waals surface area contributed by atoms with Gasteiger partial charge in [0.2, 0.25) is 0 Å². The molecular weight excluding hydrogens is 212 g/mol. The Morgan fingerprint density at radius 2 is 1.24 bits per heavy atom. The van der Waals surface area contributed by atoms with Crippen molar-refractivity contribution >= 4 is 0 Å². The number of benzene rings is 2. The summed E-state index contributed by atoms with van der Waals surface area (Å²) < 4.78 is 0. The van der Waals surface area contributed by atoms with Crippen molar-refractivity contribution < 1.29 is 10.2 Å². The fourth-order valence-corrected chi connectivity index (χ4v) is 1.78. The van der Waals surface area contributed by atoms with E-state index in [0.29, 0.717) is 5.75 Å². The predicted molar refractivity (Wildman–Crippen MR) is 71.4 cm³/mol. The Morgan fingerprint density at radius 3 is 1.71 bits per heavy atom. The number of phenols is 2. The number of aromatic hydroxyl groups is 2. The van der Waals surface area contributed by atoms with Crippen LogP contribution in [-0.4, -0.2) is 10.2 Å². The minimum atomic E-state index is 0. The van der Waals surface area contributed by atoms with E-state index < -0.39 is 0 Å². The van der Waals surface area contributed by atoms with Crippen LogP contribution in [0.3, 0.4) is 0 Å². The lowest BCUT2D eigenvalue weighted by atomic mass is 10.00. The Kier molecular flexibility index (Phi) is 3.79. The molecule has 0 aliphatic rings. The molecule has 0 fully saturated rings. The lowest BCUT2D eigenvalue weighted by Gasteiger charge is -2.08. The minimum Gasteiger partial charge on any atom is -0.508 e. The smallest absolute Gasteiger partial charge is 0.121 e. The SMILES string of the molecule is C.Cc1cc(-c2ccc(O)cc2)cc(C)c1O. The lowest BCUT2D eigenvalue weighted by molar-refractivity contribution is 0.467. The van der Waals surface area contributed by atoms with Crippen LogP contribution < -0.4 is 0 Å². The van der Waals surface area contributed by atoms with Crippen LogP contribution in [0.5, 0.6) is 11.5 Å². The standard InChI is InChI=1S/C14H14O2.CH4/c1-9-7-12(8-10(2)14(9)16)11-3-5-13(15)6-4-11;/h3-8,15-16H,1-2H3;1H4. The van der Waals surface area contributed by atoms with Gasteiger partial charge in [-0.1, -0.05) is 19.6 Å². The quantitative estimate of drug-likeness (QED) is 0.776. The Morgan fingerprint density at radius 1 is 0.765 bits per heavy atom. The lowest BCUT2D eigenvalue weighted by Crippen LogP contribution is -1.84. The van der Waals surface area contributed by atoms with Gasteiger partial charge in [-0.2, -0.15) is 0 Å². The average molecular weight is 230 g/mol. The zero-order chi connectivity index (χ0) is 11.7. The van der Waals surface area contributed by atoms with E-state index in [1.54, 1.807) is 12.1 Å². The highest BCUT2D eigenvalue weighted by atomic mass is 16.3. The normalized spacial score (nSPS) is 9.76. The van der Waals surface area contributed by atoms with E-state index in [1.807, 2.05) is 38.1 Å². The molecule has 0 aromatic heterocycles. The molecule has 2 nitrogen and oxygen atoms in total. The van der Waals surface area contributed by atoms with E-state index in [2.05, 4.69) is 0 Å². The van der Waals surface area contributed by atoms with E-state index in [-0.39, 0.29) is 13.2 Å². The molecule has 0 radical (unpaired) electrons. The van der Waals surface area contributed by atoms with E-state index in [1.165, 1.54) is 0 Å². The Balaban J connectivity index is 0.00000144. The molecule has 0 saturated carbocycles. The first-order valence-corrected chi connectivity index (χ1v) is 5.17. The van der Waals surface area contributed by atoms with Gasteiger partial charge in [0.1, 0.15) is 11.5 Å². The topological polar surface area (TPSA) is 40.5 Å². The van der Waals surface area contributed by atoms with Crippen molar-refractivity contribution in [2.24, 2.45) is 0 Å². The van der Waals surface area contributed by atoms with Crippen LogP contribution in [0.1, 0.15) is 18.6 Å². The molecule has 0 bridgehead atoms. The highest BCUT2D eigenvalue weighted by Crippen LogP contribution is 2.29. The van der Waals surface area contributed by atoms with Crippen LogP contribution in [0, 0.1) is 13.8 Å². The highest BCUT2D eigenvalue weighted by Gasteiger charge is 2.05. The second-order valence-electron chi connectivity index (χ2n) is 4.01. The van der Waals surface area contributed by atoms with Gasteiger partial charge >= 0.3 is 0 Å². The summed E-state index contributed by atoms with van der Waals surface area (Å²) in [4.78, 5) is 0. The number of aryl methyl sites for hydroxylation is 2. The molecule has 2 heteroatoms. The number of phenolic OH excluding ortho intramolecular Hbond substituents is 2. The summed E-state index contributed by atoms with van der Waals surface area (Å²) in [7, 11) is 0. The molecule has 0 unspecified atom stereocenters. The van der Waals surface area contributed by atoms with Crippen molar-refractivity contribution in [2.75, 3.05) is 0 Å². The van der Waals surface area contributed by atoms with Gasteiger partial charge in [-0.25, -0.2) is 0 Å². The summed E-state index contributed by atoms with van der Waals surface area (Å²) in [5.74, 6) is 0.610. The number of rotatable bonds is 1. The van der Waals surface area contributed by atoms with Gasteiger partial charge < -0.3 is 10.2 Å². The minimum absolute atomic E-state index is 0. The van der Waals surface area contributed by atoms with Crippen LogP contribution in [0.4, 0.5) is 0 Å². The maximum Gasteiger partial charge on any atom is 0.121 e. The molecule has 0 amide bonds. The first-order valence-electron chi connectivity index (χ1n) is 5.17. The maximum atomic E-state index is 9.68. The van der Waals surface area contributed by atoms with Gasteiger partial charge in [-0.15, -0.1) is 0 Å². The van der Waals surface area contributed by atoms with Crippen molar-refractivity contribution in [1.29, 1.82) is 0 Å². The van der Waals surface area contributed by atoms with Gasteiger partial charge in [-0.3, -0.25) is 0 Å². The molecule has 2 aromatic carbocycles. The van der Waals surface area contributed by atoms with Crippen LogP contribution >= 0.6 is 0 Å². The Labute approximate surface area is 102 Å². The van der Waals surface area contributed by atoms with Crippen molar-refractivity contribution in [1.82, 2.24) is 0 Å². The second kappa shape index (κ2) is 4.91. The summed E-state index contributed by atoms with van der Waals surface area (Å²) in [6, 6.07) is 10.9. The molecule has 0 aliphatic heterocycles. The van der Waals surface area contributed by atoms with Gasteiger partial charge in [0, 0.05) is 0 Å². The number of hydrogen-bond donors (Lipinski definition) is 2. The van der Waals surface area contributed by atoms with Crippen molar-refractivity contribution in [3.05, 3.63) is 47.5 Å². The predicted octanol–water partition coefficient (Wildman–Crippen LogP) is 4.02. The summed E-state index contributed by atoms with van der Waals surface area (Å²) in [6.07, 6.45) is 0. The zero-order valence-electron chi connectivity index (χ0n) is 9.36. The van der Waals surface area contributed by atoms with E-state index in [0.717, 1.165) is 22.3 Å². The van der Waals surface area contributed by atoms with Gasteiger partial charge in [0.05, 0.1) is 0 Å². The second-order valence-corrected chi connectivity index (χ2v) is 4.01. The van der Waals surface area contributed by atoms with E-state index >= 15 is 0 Å². The third-order valence-corrected chi connectivity index (χ3v) is 2.69. The third-order valence-electron chi connectivity index (χ3n) is 2.69. The van der Waals surface area contributed by atoms with E-state index in [4.69, 9.17) is 0 Å². The largest absolute Gasteiger partial charge is 0.508 e. The molecule has 2 N–H and O–H groups in total. The third kappa shape index (κ3) is 2.59. The molecule has 90 valence electrons. The maximum absolute atomic E-state index is 9.68. The molecule has 2 aromatic rings. The molecule has 0 saturated heterocycles. The zero-order valence-corrected chi connectivity index (χ0v) is 9.36. The van der Waals surface area contributed by atoms with Crippen molar-refractivity contribution in [3.63, 3.8) is 0 Å². The van der Waals surface area contributed by atoms with Crippen LogP contribution in [0.15, 0.2) is 36.4 Å². The van der Waals surface area contributed by atoms with Gasteiger partial charge in [0.15, 0.2) is 0 Å². The monoisotopic (exact) mass is 230 g/mol. The molecule has 0 spiro atoms. The van der Waals surface area contributed by atoms with Crippen molar-refractivity contribution in [2.45, 2.75) is 21.3 Å². The molecule has 0 heterocycles. The fraction of sp³-hybridized carbons (Fsp3) is 0.200. The van der Waals surface area contributed by atoms with Crippen LogP contribution in [0.25, 0.3) is 11.1 Å². The first kappa shape index (κ1) is 13.1. The summed E-state index contributed by atoms with van der Waals surface area (Å²) >= 11 is 0. The number of hydrogen-bond acceptors (Lipinski definition) is 2. The molecule has 0 aliphatic carbocycles. The summed E-state index contributed by atoms with van der Waals surface area (Å²) in [5, 5.41) is 18.9. The fourth-order valence-electron chi connectivity index (χ4n) is 1.78. The summed E-state index contributed by atoms with van der Waals surface area (Å²) in [6.45, 7) is 3.76. The van der Waals surface area contributed by atoms with Crippen LogP contribution in [-0.2, 0) is 0 Å². The van der Waals surface area contributed by atoms with Gasteiger partial charge in [0.25, 0.3) is 0 Å². The molecular formula is C15H18O2. The highest BCUT2D eigenvalue weighted by molar-refractivity contribution is 5.67.